The van der Waals surface area contributed by atoms with E-state index in [1.807, 2.05) is 0 Å². The van der Waals surface area contributed by atoms with E-state index < -0.39 is 109 Å². The maximum absolute atomic E-state index is 13.9. The fourth-order valence-corrected chi connectivity index (χ4v) is 4.24. The van der Waals surface area contributed by atoms with Gasteiger partial charge in [-0.15, -0.1) is 0 Å². The summed E-state index contributed by atoms with van der Waals surface area (Å²) in [4.78, 5) is 67.3. The van der Waals surface area contributed by atoms with E-state index in [4.69, 9.17) is 18.9 Å². The number of esters is 5. The number of methoxy groups -OCH3 is 1. The van der Waals surface area contributed by atoms with Gasteiger partial charge in [-0.05, 0) is 110 Å². The predicted molar refractivity (Wildman–Crippen MR) is 236 cm³/mol. The summed E-state index contributed by atoms with van der Waals surface area (Å²) in [5.41, 5.74) is -6.73. The van der Waals surface area contributed by atoms with Crippen molar-refractivity contribution in [2.75, 3.05) is 20.5 Å². The molecule has 0 radical (unpaired) electrons. The molecule has 0 heterocycles. The lowest BCUT2D eigenvalue weighted by molar-refractivity contribution is -0.296. The van der Waals surface area contributed by atoms with Crippen LogP contribution in [0, 0.1) is 0 Å². The first kappa shape index (κ1) is 70.5. The van der Waals surface area contributed by atoms with Gasteiger partial charge in [-0.1, -0.05) is 33.2 Å². The molecule has 0 fully saturated rings. The first-order valence-corrected chi connectivity index (χ1v) is 20.9. The molecule has 0 aliphatic heterocycles. The van der Waals surface area contributed by atoms with Crippen LogP contribution >= 0.6 is 0 Å². The number of rotatable bonds is 19. The summed E-state index contributed by atoms with van der Waals surface area (Å²) in [6.07, 6.45) is -16.4. The number of carbonyl (C=O) groups excluding carboxylic acids is 6. The molecule has 0 N–H and O–H groups in total. The van der Waals surface area contributed by atoms with Gasteiger partial charge in [0.05, 0.1) is 6.61 Å². The lowest BCUT2D eigenvalue weighted by Gasteiger charge is -2.34. The molecule has 0 aromatic heterocycles. The van der Waals surface area contributed by atoms with E-state index in [2.05, 4.69) is 50.0 Å². The topological polar surface area (TPSA) is 185 Å². The van der Waals surface area contributed by atoms with Crippen molar-refractivity contribution in [2.45, 2.75) is 189 Å². The van der Waals surface area contributed by atoms with Crippen molar-refractivity contribution in [3.05, 3.63) is 48.6 Å². The first-order chi connectivity index (χ1) is 30.7. The zero-order chi connectivity index (χ0) is 55.9. The molecule has 0 saturated heterocycles. The van der Waals surface area contributed by atoms with E-state index in [0.29, 0.717) is 19.1 Å². The zero-order valence-corrected chi connectivity index (χ0v) is 42.7. The van der Waals surface area contributed by atoms with Crippen molar-refractivity contribution in [1.29, 1.82) is 0 Å². The third-order valence-corrected chi connectivity index (χ3v) is 7.73. The monoisotopic (exact) mass is 1020 g/mol. The lowest BCUT2D eigenvalue weighted by Crippen LogP contribution is -2.49. The van der Waals surface area contributed by atoms with Gasteiger partial charge in [0.1, 0.15) is 30.2 Å². The SMILES string of the molecule is C=C(C)C(=O)OC(C)CC(C)(OC(=O)OC(C)(C)C)C(F)(F)F.C=C(C)C(=O)OC(C)CC(C)(OCOC)C(F)(F)F.C=C(C)C(=O)OC(CC)C(F)(F)C(=O)OC(C)(C)C.C=C(C)C(=O)OCC. The summed E-state index contributed by atoms with van der Waals surface area (Å²) in [7, 11) is 1.22. The minimum atomic E-state index is -4.87. The first-order valence-electron chi connectivity index (χ1n) is 20.9. The number of ether oxygens (including phenoxy) is 9. The number of halogens is 8. The van der Waals surface area contributed by atoms with E-state index in [1.165, 1.54) is 90.2 Å². The third-order valence-electron chi connectivity index (χ3n) is 7.73. The molecule has 402 valence electrons. The Hall–Kier alpha value is -5.06. The highest BCUT2D eigenvalue weighted by Gasteiger charge is 2.57. The molecule has 23 heteroatoms. The Morgan fingerprint density at radius 2 is 0.870 bits per heavy atom. The fourth-order valence-electron chi connectivity index (χ4n) is 4.24. The normalized spacial score (nSPS) is 14.6. The van der Waals surface area contributed by atoms with Crippen LogP contribution in [0.1, 0.15) is 130 Å². The van der Waals surface area contributed by atoms with Gasteiger partial charge in [0.25, 0.3) is 0 Å². The molecule has 5 unspecified atom stereocenters. The molecule has 15 nitrogen and oxygen atoms in total. The van der Waals surface area contributed by atoms with Crippen LogP contribution in [0.5, 0.6) is 0 Å². The van der Waals surface area contributed by atoms with Crippen LogP contribution < -0.4 is 0 Å². The Labute approximate surface area is 400 Å². The Morgan fingerprint density at radius 3 is 1.14 bits per heavy atom. The number of hydrogen-bond acceptors (Lipinski definition) is 15. The highest BCUT2D eigenvalue weighted by molar-refractivity contribution is 5.88. The van der Waals surface area contributed by atoms with E-state index in [-0.39, 0.29) is 29.1 Å². The minimum absolute atomic E-state index is 0.0153. The van der Waals surface area contributed by atoms with Crippen molar-refractivity contribution in [1.82, 2.24) is 0 Å². The molecule has 0 saturated carbocycles. The highest BCUT2D eigenvalue weighted by Crippen LogP contribution is 2.39. The summed E-state index contributed by atoms with van der Waals surface area (Å²) in [5.74, 6) is -8.43. The van der Waals surface area contributed by atoms with Crippen molar-refractivity contribution in [3.8, 4) is 0 Å². The van der Waals surface area contributed by atoms with Crippen molar-refractivity contribution >= 4 is 36.0 Å². The molecular weight excluding hydrogens is 944 g/mol. The minimum Gasteiger partial charge on any atom is -0.463 e. The molecule has 0 aliphatic rings. The Morgan fingerprint density at radius 1 is 0.522 bits per heavy atom. The highest BCUT2D eigenvalue weighted by atomic mass is 19.4. The van der Waals surface area contributed by atoms with Gasteiger partial charge in [-0.25, -0.2) is 28.8 Å². The second-order valence-electron chi connectivity index (χ2n) is 17.7. The van der Waals surface area contributed by atoms with E-state index in [9.17, 15) is 63.9 Å². The van der Waals surface area contributed by atoms with Crippen LogP contribution in [0.25, 0.3) is 0 Å². The average Bonchev–Trinajstić information content (AvgIpc) is 3.13. The Kier molecular flexibility index (Phi) is 30.5. The summed E-state index contributed by atoms with van der Waals surface area (Å²) in [6.45, 7) is 35.3. The fraction of sp³-hybridized carbons (Fsp3) is 0.696. The number of alkyl halides is 8. The Bertz CT molecular complexity index is 1740. The van der Waals surface area contributed by atoms with Gasteiger partial charge in [0, 0.05) is 42.2 Å². The number of hydrogen-bond donors (Lipinski definition) is 0. The molecule has 0 rings (SSSR count). The van der Waals surface area contributed by atoms with Gasteiger partial charge in [0.15, 0.2) is 11.7 Å². The average molecular weight is 1020 g/mol. The van der Waals surface area contributed by atoms with Gasteiger partial charge in [-0.3, -0.25) is 0 Å². The van der Waals surface area contributed by atoms with Crippen molar-refractivity contribution in [3.63, 3.8) is 0 Å². The van der Waals surface area contributed by atoms with Crippen molar-refractivity contribution in [2.24, 2.45) is 0 Å². The molecule has 5 atom stereocenters. The van der Waals surface area contributed by atoms with Crippen LogP contribution in [-0.4, -0.2) is 116 Å². The maximum atomic E-state index is 13.9. The van der Waals surface area contributed by atoms with Crippen LogP contribution in [0.4, 0.5) is 39.9 Å². The molecule has 69 heavy (non-hydrogen) atoms. The van der Waals surface area contributed by atoms with Crippen LogP contribution in [0.3, 0.4) is 0 Å². The number of carbonyl (C=O) groups is 6. The summed E-state index contributed by atoms with van der Waals surface area (Å²) in [6, 6.07) is 0. The molecule has 0 aliphatic carbocycles. The quantitative estimate of drug-likeness (QED) is 0.0391. The van der Waals surface area contributed by atoms with Gasteiger partial charge < -0.3 is 42.6 Å². The van der Waals surface area contributed by atoms with E-state index in [1.54, 1.807) is 13.8 Å². The van der Waals surface area contributed by atoms with Gasteiger partial charge in [0.2, 0.25) is 5.60 Å². The molecule has 0 spiro atoms. The molecule has 0 aromatic rings. The molecular formula is C46H72F8O15. The van der Waals surface area contributed by atoms with Crippen LogP contribution in [0.15, 0.2) is 48.6 Å². The zero-order valence-electron chi connectivity index (χ0n) is 42.7. The molecule has 0 amide bonds. The molecule has 0 bridgehead atoms. The van der Waals surface area contributed by atoms with Gasteiger partial charge in [-0.2, -0.15) is 35.1 Å². The second kappa shape index (κ2) is 29.9. The van der Waals surface area contributed by atoms with E-state index in [0.717, 1.165) is 6.92 Å². The van der Waals surface area contributed by atoms with E-state index >= 15 is 0 Å². The smallest absolute Gasteiger partial charge is 0.463 e. The molecule has 0 aromatic carbocycles. The van der Waals surface area contributed by atoms with Crippen LogP contribution in [-0.2, 0) is 66.6 Å². The summed E-state index contributed by atoms with van der Waals surface area (Å²) >= 11 is 0. The lowest BCUT2D eigenvalue weighted by atomic mass is 9.98. The van der Waals surface area contributed by atoms with Crippen molar-refractivity contribution < 1.29 is 107 Å². The second-order valence-corrected chi connectivity index (χ2v) is 17.7. The summed E-state index contributed by atoms with van der Waals surface area (Å²) in [5, 5.41) is 0. The Balaban J connectivity index is -0.000000427. The largest absolute Gasteiger partial charge is 0.509 e. The van der Waals surface area contributed by atoms with Gasteiger partial charge >= 0.3 is 54.3 Å². The maximum Gasteiger partial charge on any atom is 0.509 e. The third kappa shape index (κ3) is 30.2. The van der Waals surface area contributed by atoms with Crippen LogP contribution in [0.2, 0.25) is 0 Å². The summed E-state index contributed by atoms with van der Waals surface area (Å²) < 4.78 is 148. The predicted octanol–water partition coefficient (Wildman–Crippen LogP) is 11.0. The standard InChI is InChI=1S/C15H23F3O5.C13H20F2O4.C12H19F3O4.C6H10O2/c1-9(2)11(19)21-10(3)8-14(7,15(16,17)18)23-12(20)22-13(4,5)6;1-7-9(18-10(16)8(2)3)13(14,15)11(17)19-12(4,5)6;1-8(2)10(16)19-9(3)6-11(4,12(13,14)15)18-7-17-5;1-4-8-6(7)5(2)3/h10H,1,8H2,2-7H3;9H,2,7H2,1,3-6H3;9H,1,6-7H2,2-5H3;2,4H2,1,3H3.